The molecule has 2 rings (SSSR count). The minimum atomic E-state index is 0.646. The molecule has 0 aliphatic rings. The summed E-state index contributed by atoms with van der Waals surface area (Å²) < 4.78 is 5.14. The molecule has 0 fully saturated rings. The number of hydrogen-bond donors (Lipinski definition) is 2. The maximum atomic E-state index is 5.14. The SMILES string of the molecule is CCNC(=NCc1ccc(COC)cc1)NCCSc1ccccc1. The van der Waals surface area contributed by atoms with Gasteiger partial charge in [-0.2, -0.15) is 0 Å². The third kappa shape index (κ3) is 7.63. The first kappa shape index (κ1) is 19.3. The summed E-state index contributed by atoms with van der Waals surface area (Å²) in [5.41, 5.74) is 2.37. The molecule has 0 aliphatic carbocycles. The zero-order valence-corrected chi connectivity index (χ0v) is 15.8. The standard InChI is InChI=1S/C20H27N3OS/c1-3-21-20(22-13-14-25-19-7-5-4-6-8-19)23-15-17-9-11-18(12-10-17)16-24-2/h4-12H,3,13-16H2,1-2H3,(H2,21,22,23). The number of hydrogen-bond acceptors (Lipinski definition) is 3. The van der Waals surface area contributed by atoms with Crippen LogP contribution in [0.25, 0.3) is 0 Å². The molecule has 0 atom stereocenters. The van der Waals surface area contributed by atoms with Crippen molar-refractivity contribution in [3.63, 3.8) is 0 Å². The molecule has 0 spiro atoms. The molecule has 2 aromatic rings. The Labute approximate surface area is 155 Å². The summed E-state index contributed by atoms with van der Waals surface area (Å²) in [6, 6.07) is 18.8. The Bertz CT molecular complexity index is 629. The Morgan fingerprint density at radius 2 is 1.72 bits per heavy atom. The van der Waals surface area contributed by atoms with Gasteiger partial charge in [-0.3, -0.25) is 0 Å². The summed E-state index contributed by atoms with van der Waals surface area (Å²) in [6.07, 6.45) is 0. The fourth-order valence-electron chi connectivity index (χ4n) is 2.27. The second-order valence-corrected chi connectivity index (χ2v) is 6.70. The molecule has 0 saturated carbocycles. The Kier molecular flexibility index (Phi) is 8.94. The van der Waals surface area contributed by atoms with Crippen molar-refractivity contribution in [1.82, 2.24) is 10.6 Å². The summed E-state index contributed by atoms with van der Waals surface area (Å²) in [4.78, 5) is 5.95. The maximum Gasteiger partial charge on any atom is 0.191 e. The summed E-state index contributed by atoms with van der Waals surface area (Å²) in [5.74, 6) is 1.86. The highest BCUT2D eigenvalue weighted by Gasteiger charge is 1.99. The highest BCUT2D eigenvalue weighted by molar-refractivity contribution is 7.99. The Hall–Kier alpha value is -1.98. The second kappa shape index (κ2) is 11.6. The predicted molar refractivity (Wildman–Crippen MR) is 107 cm³/mol. The topological polar surface area (TPSA) is 45.7 Å². The van der Waals surface area contributed by atoms with Crippen LogP contribution in [0.5, 0.6) is 0 Å². The van der Waals surface area contributed by atoms with Gasteiger partial charge in [-0.05, 0) is 30.2 Å². The molecule has 2 N–H and O–H groups in total. The molecule has 0 heterocycles. The molecule has 4 nitrogen and oxygen atoms in total. The van der Waals surface area contributed by atoms with Crippen molar-refractivity contribution in [1.29, 1.82) is 0 Å². The summed E-state index contributed by atoms with van der Waals surface area (Å²) in [5, 5.41) is 6.68. The van der Waals surface area contributed by atoms with Crippen LogP contribution in [0, 0.1) is 0 Å². The molecule has 0 aliphatic heterocycles. The average Bonchev–Trinajstić information content (AvgIpc) is 2.65. The Morgan fingerprint density at radius 3 is 2.40 bits per heavy atom. The van der Waals surface area contributed by atoms with Gasteiger partial charge in [0.15, 0.2) is 5.96 Å². The number of rotatable bonds is 9. The first-order chi connectivity index (χ1) is 12.3. The smallest absolute Gasteiger partial charge is 0.191 e. The third-order valence-electron chi connectivity index (χ3n) is 3.50. The Morgan fingerprint density at radius 1 is 1.00 bits per heavy atom. The second-order valence-electron chi connectivity index (χ2n) is 5.53. The molecule has 2 aromatic carbocycles. The van der Waals surface area contributed by atoms with Crippen molar-refractivity contribution in [3.8, 4) is 0 Å². The number of methoxy groups -OCH3 is 1. The first-order valence-electron chi connectivity index (χ1n) is 8.58. The van der Waals surface area contributed by atoms with Crippen molar-refractivity contribution in [2.24, 2.45) is 4.99 Å². The summed E-state index contributed by atoms with van der Waals surface area (Å²) in [7, 11) is 1.71. The first-order valence-corrected chi connectivity index (χ1v) is 9.57. The van der Waals surface area contributed by atoms with Gasteiger partial charge in [0.25, 0.3) is 0 Å². The van der Waals surface area contributed by atoms with Crippen LogP contribution in [-0.2, 0) is 17.9 Å². The van der Waals surface area contributed by atoms with E-state index in [9.17, 15) is 0 Å². The summed E-state index contributed by atoms with van der Waals surface area (Å²) in [6.45, 7) is 5.11. The van der Waals surface area contributed by atoms with Gasteiger partial charge in [0.05, 0.1) is 13.2 Å². The van der Waals surface area contributed by atoms with E-state index in [-0.39, 0.29) is 0 Å². The molecule has 0 saturated heterocycles. The molecule has 25 heavy (non-hydrogen) atoms. The van der Waals surface area contributed by atoms with Gasteiger partial charge in [-0.25, -0.2) is 4.99 Å². The molecule has 134 valence electrons. The van der Waals surface area contributed by atoms with E-state index in [0.717, 1.165) is 24.8 Å². The van der Waals surface area contributed by atoms with Gasteiger partial charge >= 0.3 is 0 Å². The number of nitrogens with zero attached hydrogens (tertiary/aromatic N) is 1. The zero-order valence-electron chi connectivity index (χ0n) is 15.0. The molecular formula is C20H27N3OS. The number of aliphatic imine (C=N–C) groups is 1. The van der Waals surface area contributed by atoms with E-state index in [2.05, 4.69) is 71.1 Å². The number of benzene rings is 2. The van der Waals surface area contributed by atoms with Crippen molar-refractivity contribution in [3.05, 3.63) is 65.7 Å². The van der Waals surface area contributed by atoms with E-state index in [0.29, 0.717) is 13.2 Å². The van der Waals surface area contributed by atoms with E-state index in [1.165, 1.54) is 16.0 Å². The van der Waals surface area contributed by atoms with Crippen LogP contribution in [-0.4, -0.2) is 31.9 Å². The van der Waals surface area contributed by atoms with Crippen LogP contribution < -0.4 is 10.6 Å². The van der Waals surface area contributed by atoms with E-state index < -0.39 is 0 Å². The highest BCUT2D eigenvalue weighted by Crippen LogP contribution is 2.15. The largest absolute Gasteiger partial charge is 0.380 e. The van der Waals surface area contributed by atoms with Gasteiger partial charge in [-0.15, -0.1) is 11.8 Å². The fourth-order valence-corrected chi connectivity index (χ4v) is 3.06. The molecular weight excluding hydrogens is 330 g/mol. The summed E-state index contributed by atoms with van der Waals surface area (Å²) >= 11 is 1.84. The fraction of sp³-hybridized carbons (Fsp3) is 0.350. The van der Waals surface area contributed by atoms with Crippen molar-refractivity contribution in [2.75, 3.05) is 26.0 Å². The highest BCUT2D eigenvalue weighted by atomic mass is 32.2. The number of ether oxygens (including phenoxy) is 1. The minimum Gasteiger partial charge on any atom is -0.380 e. The lowest BCUT2D eigenvalue weighted by Gasteiger charge is -2.11. The zero-order chi connectivity index (χ0) is 17.7. The number of guanidine groups is 1. The normalized spacial score (nSPS) is 11.4. The molecule has 0 bridgehead atoms. The van der Waals surface area contributed by atoms with Crippen LogP contribution >= 0.6 is 11.8 Å². The molecule has 0 amide bonds. The lowest BCUT2D eigenvalue weighted by atomic mass is 10.1. The van der Waals surface area contributed by atoms with E-state index in [1.54, 1.807) is 7.11 Å². The van der Waals surface area contributed by atoms with Crippen molar-refractivity contribution >= 4 is 17.7 Å². The molecule has 5 heteroatoms. The molecule has 0 unspecified atom stereocenters. The van der Waals surface area contributed by atoms with Gasteiger partial charge in [0.2, 0.25) is 0 Å². The maximum absolute atomic E-state index is 5.14. The van der Waals surface area contributed by atoms with Gasteiger partial charge in [0, 0.05) is 30.8 Å². The van der Waals surface area contributed by atoms with Crippen LogP contribution in [0.1, 0.15) is 18.1 Å². The van der Waals surface area contributed by atoms with E-state index in [4.69, 9.17) is 4.74 Å². The average molecular weight is 358 g/mol. The number of thioether (sulfide) groups is 1. The van der Waals surface area contributed by atoms with Gasteiger partial charge in [0.1, 0.15) is 0 Å². The molecule has 0 radical (unpaired) electrons. The van der Waals surface area contributed by atoms with Crippen molar-refractivity contribution < 1.29 is 4.74 Å². The quantitative estimate of drug-likeness (QED) is 0.311. The third-order valence-corrected chi connectivity index (χ3v) is 4.52. The predicted octanol–water partition coefficient (Wildman–Crippen LogP) is 3.68. The number of nitrogens with one attached hydrogen (secondary N) is 2. The van der Waals surface area contributed by atoms with Crippen molar-refractivity contribution in [2.45, 2.75) is 25.0 Å². The van der Waals surface area contributed by atoms with E-state index in [1.807, 2.05) is 17.8 Å². The van der Waals surface area contributed by atoms with E-state index >= 15 is 0 Å². The minimum absolute atomic E-state index is 0.646. The van der Waals surface area contributed by atoms with Crippen LogP contribution in [0.15, 0.2) is 64.5 Å². The Balaban J connectivity index is 1.79. The van der Waals surface area contributed by atoms with Gasteiger partial charge in [-0.1, -0.05) is 42.5 Å². The van der Waals surface area contributed by atoms with Crippen LogP contribution in [0.2, 0.25) is 0 Å². The van der Waals surface area contributed by atoms with Crippen LogP contribution in [0.3, 0.4) is 0 Å². The lowest BCUT2D eigenvalue weighted by molar-refractivity contribution is 0.185. The van der Waals surface area contributed by atoms with Gasteiger partial charge < -0.3 is 15.4 Å². The molecule has 0 aromatic heterocycles. The van der Waals surface area contributed by atoms with Crippen LogP contribution in [0.4, 0.5) is 0 Å². The lowest BCUT2D eigenvalue weighted by Crippen LogP contribution is -2.38. The monoisotopic (exact) mass is 357 g/mol.